The quantitative estimate of drug-likeness (QED) is 0.926. The van der Waals surface area contributed by atoms with Crippen LogP contribution in [0.25, 0.3) is 0 Å². The molecule has 1 amide bonds. The first kappa shape index (κ1) is 14.4. The van der Waals surface area contributed by atoms with Crippen molar-refractivity contribution >= 4 is 5.91 Å². The summed E-state index contributed by atoms with van der Waals surface area (Å²) in [5.41, 5.74) is 1.14. The molecule has 3 unspecified atom stereocenters. The van der Waals surface area contributed by atoms with E-state index < -0.39 is 6.10 Å². The van der Waals surface area contributed by atoms with Crippen molar-refractivity contribution in [3.63, 3.8) is 0 Å². The fourth-order valence-corrected chi connectivity index (χ4v) is 3.50. The number of hydrogen-bond donors (Lipinski definition) is 1. The van der Waals surface area contributed by atoms with E-state index >= 15 is 0 Å². The summed E-state index contributed by atoms with van der Waals surface area (Å²) in [6.07, 6.45) is 2.88. The Balaban J connectivity index is 1.69. The molecule has 4 heteroatoms. The predicted octanol–water partition coefficient (Wildman–Crippen LogP) is 2.12. The molecular weight excluding hydrogens is 264 g/mol. The van der Waals surface area contributed by atoms with Crippen molar-refractivity contribution in [2.24, 2.45) is 0 Å². The van der Waals surface area contributed by atoms with E-state index in [9.17, 15) is 4.79 Å². The Hall–Kier alpha value is -1.55. The van der Waals surface area contributed by atoms with Crippen molar-refractivity contribution in [3.8, 4) is 5.75 Å². The average Bonchev–Trinajstić information content (AvgIpc) is 2.71. The molecule has 1 aromatic rings. The molecule has 0 spiro atoms. The number of nitrogens with one attached hydrogen (secondary N) is 1. The van der Waals surface area contributed by atoms with Crippen LogP contribution in [0.1, 0.15) is 31.7 Å². The number of benzene rings is 1. The number of fused-ring (bicyclic) bond motifs is 2. The highest BCUT2D eigenvalue weighted by Gasteiger charge is 2.40. The maximum Gasteiger partial charge on any atom is 0.263 e. The van der Waals surface area contributed by atoms with Gasteiger partial charge in [0.05, 0.1) is 0 Å². The SMILES string of the molecule is Cc1cccc(OC(C)C(=O)N2C3CCNCC2CC3)c1. The van der Waals surface area contributed by atoms with Crippen molar-refractivity contribution in [1.29, 1.82) is 0 Å². The van der Waals surface area contributed by atoms with Gasteiger partial charge < -0.3 is 15.0 Å². The van der Waals surface area contributed by atoms with Crippen LogP contribution < -0.4 is 10.1 Å². The number of amides is 1. The van der Waals surface area contributed by atoms with Crippen LogP contribution in [0.3, 0.4) is 0 Å². The Morgan fingerprint density at radius 3 is 2.95 bits per heavy atom. The lowest BCUT2D eigenvalue weighted by Gasteiger charge is -2.30. The second-order valence-corrected chi connectivity index (χ2v) is 6.20. The van der Waals surface area contributed by atoms with Crippen molar-refractivity contribution in [2.45, 2.75) is 51.3 Å². The lowest BCUT2D eigenvalue weighted by Crippen LogP contribution is -2.48. The molecule has 2 aliphatic heterocycles. The molecule has 0 aliphatic carbocycles. The third kappa shape index (κ3) is 3.05. The van der Waals surface area contributed by atoms with Gasteiger partial charge in [-0.15, -0.1) is 0 Å². The van der Waals surface area contributed by atoms with Gasteiger partial charge in [-0.25, -0.2) is 0 Å². The minimum Gasteiger partial charge on any atom is -0.481 e. The average molecular weight is 288 g/mol. The van der Waals surface area contributed by atoms with Gasteiger partial charge in [-0.2, -0.15) is 0 Å². The van der Waals surface area contributed by atoms with E-state index in [2.05, 4.69) is 10.2 Å². The van der Waals surface area contributed by atoms with Crippen LogP contribution in [0, 0.1) is 6.92 Å². The Labute approximate surface area is 126 Å². The largest absolute Gasteiger partial charge is 0.481 e. The highest BCUT2D eigenvalue weighted by Crippen LogP contribution is 2.29. The van der Waals surface area contributed by atoms with Crippen LogP contribution in [0.2, 0.25) is 0 Å². The predicted molar refractivity (Wildman–Crippen MR) is 82.4 cm³/mol. The summed E-state index contributed by atoms with van der Waals surface area (Å²) in [4.78, 5) is 14.9. The Kier molecular flexibility index (Phi) is 4.15. The van der Waals surface area contributed by atoms with Gasteiger partial charge in [0.25, 0.3) is 5.91 Å². The van der Waals surface area contributed by atoms with Gasteiger partial charge in [-0.3, -0.25) is 4.79 Å². The minimum atomic E-state index is -0.423. The highest BCUT2D eigenvalue weighted by molar-refractivity contribution is 5.82. The first-order valence-electron chi connectivity index (χ1n) is 7.91. The van der Waals surface area contributed by atoms with Crippen molar-refractivity contribution in [1.82, 2.24) is 10.2 Å². The highest BCUT2D eigenvalue weighted by atomic mass is 16.5. The number of carbonyl (C=O) groups excluding carboxylic acids is 1. The molecule has 2 fully saturated rings. The molecule has 3 atom stereocenters. The van der Waals surface area contributed by atoms with Crippen LogP contribution in [0.4, 0.5) is 0 Å². The number of aryl methyl sites for hydroxylation is 1. The molecule has 0 radical (unpaired) electrons. The summed E-state index contributed by atoms with van der Waals surface area (Å²) in [7, 11) is 0. The second-order valence-electron chi connectivity index (χ2n) is 6.20. The van der Waals surface area contributed by atoms with Gasteiger partial charge in [0.2, 0.25) is 0 Å². The maximum absolute atomic E-state index is 12.8. The zero-order valence-corrected chi connectivity index (χ0v) is 12.8. The molecule has 2 bridgehead atoms. The Morgan fingerprint density at radius 1 is 1.33 bits per heavy atom. The molecule has 0 saturated carbocycles. The van der Waals surface area contributed by atoms with Gasteiger partial charge in [0.15, 0.2) is 6.10 Å². The number of ether oxygens (including phenoxy) is 1. The second kappa shape index (κ2) is 6.06. The fourth-order valence-electron chi connectivity index (χ4n) is 3.50. The molecule has 21 heavy (non-hydrogen) atoms. The molecule has 2 aliphatic rings. The van der Waals surface area contributed by atoms with Crippen molar-refractivity contribution in [2.75, 3.05) is 13.1 Å². The summed E-state index contributed by atoms with van der Waals surface area (Å²) < 4.78 is 5.86. The van der Waals surface area contributed by atoms with Crippen LogP contribution in [0.5, 0.6) is 5.75 Å². The summed E-state index contributed by atoms with van der Waals surface area (Å²) in [5, 5.41) is 3.42. The van der Waals surface area contributed by atoms with Crippen molar-refractivity contribution < 1.29 is 9.53 Å². The molecule has 0 aromatic heterocycles. The smallest absolute Gasteiger partial charge is 0.263 e. The van der Waals surface area contributed by atoms with Crippen LogP contribution in [-0.2, 0) is 4.79 Å². The van der Waals surface area contributed by atoms with E-state index in [4.69, 9.17) is 4.74 Å². The molecule has 3 rings (SSSR count). The number of rotatable bonds is 3. The van der Waals surface area contributed by atoms with Gasteiger partial charge in [0, 0.05) is 18.6 Å². The summed E-state index contributed by atoms with van der Waals surface area (Å²) >= 11 is 0. The number of carbonyl (C=O) groups is 1. The third-order valence-electron chi connectivity index (χ3n) is 4.56. The molecular formula is C17H24N2O2. The zero-order chi connectivity index (χ0) is 14.8. The van der Waals surface area contributed by atoms with Gasteiger partial charge in [0.1, 0.15) is 5.75 Å². The fraction of sp³-hybridized carbons (Fsp3) is 0.588. The maximum atomic E-state index is 12.8. The summed E-state index contributed by atoms with van der Waals surface area (Å²) in [6.45, 7) is 5.82. The van der Waals surface area contributed by atoms with E-state index in [1.54, 1.807) is 0 Å². The van der Waals surface area contributed by atoms with E-state index in [0.29, 0.717) is 12.1 Å². The lowest BCUT2D eigenvalue weighted by molar-refractivity contribution is -0.140. The molecule has 1 aromatic carbocycles. The monoisotopic (exact) mass is 288 g/mol. The standard InChI is InChI=1S/C17H24N2O2/c1-12-4-3-5-16(10-12)21-13(2)17(20)19-14-6-7-15(19)11-18-9-8-14/h3-5,10,13-15,18H,6-9,11H2,1-2H3. The minimum absolute atomic E-state index is 0.132. The summed E-state index contributed by atoms with van der Waals surface area (Å²) in [6, 6.07) is 8.61. The van der Waals surface area contributed by atoms with Gasteiger partial charge >= 0.3 is 0 Å². The van der Waals surface area contributed by atoms with Gasteiger partial charge in [-0.05, 0) is 57.4 Å². The van der Waals surface area contributed by atoms with Crippen LogP contribution in [0.15, 0.2) is 24.3 Å². The zero-order valence-electron chi connectivity index (χ0n) is 12.8. The van der Waals surface area contributed by atoms with E-state index in [1.807, 2.05) is 38.1 Å². The topological polar surface area (TPSA) is 41.6 Å². The van der Waals surface area contributed by atoms with E-state index in [-0.39, 0.29) is 5.91 Å². The molecule has 1 N–H and O–H groups in total. The lowest BCUT2D eigenvalue weighted by atomic mass is 10.1. The summed E-state index contributed by atoms with van der Waals surface area (Å²) in [5.74, 6) is 0.906. The first-order chi connectivity index (χ1) is 10.1. The Morgan fingerprint density at radius 2 is 2.14 bits per heavy atom. The number of nitrogens with zero attached hydrogens (tertiary/aromatic N) is 1. The normalized spacial score (nSPS) is 26.3. The van der Waals surface area contributed by atoms with E-state index in [1.165, 1.54) is 0 Å². The molecule has 114 valence electrons. The van der Waals surface area contributed by atoms with Crippen LogP contribution in [-0.4, -0.2) is 42.1 Å². The number of hydrogen-bond acceptors (Lipinski definition) is 3. The first-order valence-corrected chi connectivity index (χ1v) is 7.91. The Bertz CT molecular complexity index is 503. The van der Waals surface area contributed by atoms with Crippen molar-refractivity contribution in [3.05, 3.63) is 29.8 Å². The van der Waals surface area contributed by atoms with Crippen LogP contribution >= 0.6 is 0 Å². The van der Waals surface area contributed by atoms with Gasteiger partial charge in [-0.1, -0.05) is 12.1 Å². The molecule has 4 nitrogen and oxygen atoms in total. The molecule has 2 saturated heterocycles. The molecule has 2 heterocycles. The third-order valence-corrected chi connectivity index (χ3v) is 4.56. The van der Waals surface area contributed by atoms with E-state index in [0.717, 1.165) is 43.7 Å².